The number of halogens is 3. The van der Waals surface area contributed by atoms with Crippen molar-refractivity contribution in [2.75, 3.05) is 62.8 Å². The molecule has 3 atom stereocenters. The number of hydrogen-bond acceptors (Lipinski definition) is 12. The summed E-state index contributed by atoms with van der Waals surface area (Å²) in [7, 11) is 0. The van der Waals surface area contributed by atoms with Crippen molar-refractivity contribution >= 4 is 45.8 Å². The molecule has 4 aromatic heterocycles. The molecule has 6 fully saturated rings. The number of rotatable bonds is 13. The van der Waals surface area contributed by atoms with Gasteiger partial charge in [0.25, 0.3) is 12.3 Å². The highest BCUT2D eigenvalue weighted by Crippen LogP contribution is 2.41. The minimum atomic E-state index is -2.90. The number of carbonyl (C=O) groups excluding carboxylic acids is 3. The Bertz CT molecular complexity index is 2780. The van der Waals surface area contributed by atoms with Crippen LogP contribution in [0.15, 0.2) is 42.9 Å². The average Bonchev–Trinajstić information content (AvgIpc) is 3.76. The maximum absolute atomic E-state index is 15.6. The van der Waals surface area contributed by atoms with Gasteiger partial charge in [-0.1, -0.05) is 24.0 Å². The van der Waals surface area contributed by atoms with Crippen LogP contribution in [0.2, 0.25) is 0 Å². The number of alkyl halides is 3. The van der Waals surface area contributed by atoms with Crippen LogP contribution in [0.1, 0.15) is 122 Å². The number of aromatic nitrogens is 7. The standard InChI is InChI=1S/C49H57F3N12O5/c50-38-25-60(18-16-40(38)69-22-2-4-30-3-1-5-35-43(36-12-13-42(65)57-48(36)66)59-64(45(30)35)34-10-11-34)24-29-6-8-33(9-7-29)63-26-39(44(58-63)46(51)52)55-49(67)37-23-53-62-21-17-41(56-47(37)62)61-19-14-31(15-20-61)54-32-27-68-28-32/h1,3,5,17,21,23,26,29,31-34,36,38,40,46,54H,6-16,18-20,22,24-25,27-28H2,(H,55,67)(H,57,65,66)/t29?,33?,36?,38-,40+/m0/s1. The molecular formula is C49H57F3N12O5. The molecule has 69 heavy (non-hydrogen) atoms. The van der Waals surface area contributed by atoms with Gasteiger partial charge in [-0.05, 0) is 82.3 Å². The number of carbonyl (C=O) groups is 3. The van der Waals surface area contributed by atoms with Crippen molar-refractivity contribution in [1.82, 2.24) is 49.7 Å². The molecule has 5 aromatic rings. The third kappa shape index (κ3) is 9.70. The summed E-state index contributed by atoms with van der Waals surface area (Å²) in [5, 5.41) is 23.1. The molecule has 8 heterocycles. The first-order valence-corrected chi connectivity index (χ1v) is 24.5. The van der Waals surface area contributed by atoms with Gasteiger partial charge in [0.2, 0.25) is 11.8 Å². The highest BCUT2D eigenvalue weighted by atomic mass is 19.3. The van der Waals surface area contributed by atoms with E-state index in [1.54, 1.807) is 10.9 Å². The molecule has 0 radical (unpaired) electrons. The Balaban J connectivity index is 0.658. The molecule has 11 rings (SSSR count). The average molecular weight is 951 g/mol. The zero-order valence-electron chi connectivity index (χ0n) is 38.4. The van der Waals surface area contributed by atoms with Crippen LogP contribution in [-0.2, 0) is 19.1 Å². The fraction of sp³-hybridized carbons (Fsp3) is 0.571. The number of nitrogens with zero attached hydrogens (tertiary/aromatic N) is 9. The van der Waals surface area contributed by atoms with E-state index in [0.717, 1.165) is 106 Å². The van der Waals surface area contributed by atoms with Gasteiger partial charge in [0, 0.05) is 63.0 Å². The molecule has 1 aromatic carbocycles. The van der Waals surface area contributed by atoms with E-state index in [1.807, 2.05) is 28.9 Å². The molecule has 6 aliphatic rings. The van der Waals surface area contributed by atoms with Gasteiger partial charge in [0.1, 0.15) is 24.2 Å². The molecule has 3 N–H and O–H groups in total. The quantitative estimate of drug-likeness (QED) is 0.100. The Hall–Kier alpha value is -5.88. The van der Waals surface area contributed by atoms with Crippen molar-refractivity contribution in [2.45, 2.75) is 119 Å². The Morgan fingerprint density at radius 1 is 0.957 bits per heavy atom. The Labute approximate surface area is 396 Å². The molecule has 17 nitrogen and oxygen atoms in total. The van der Waals surface area contributed by atoms with Crippen molar-refractivity contribution in [3.63, 3.8) is 0 Å². The van der Waals surface area contributed by atoms with Crippen LogP contribution in [-0.4, -0.2) is 134 Å². The number of ether oxygens (including phenoxy) is 2. The maximum Gasteiger partial charge on any atom is 0.284 e. The van der Waals surface area contributed by atoms with E-state index in [1.165, 1.54) is 16.9 Å². The number of fused-ring (bicyclic) bond motifs is 2. The summed E-state index contributed by atoms with van der Waals surface area (Å²) in [5.74, 6) is 5.71. The predicted molar refractivity (Wildman–Crippen MR) is 248 cm³/mol. The van der Waals surface area contributed by atoms with Crippen LogP contribution in [0.4, 0.5) is 24.7 Å². The number of nitrogens with one attached hydrogen (secondary N) is 3. The summed E-state index contributed by atoms with van der Waals surface area (Å²) < 4.78 is 60.7. The molecule has 0 bridgehead atoms. The summed E-state index contributed by atoms with van der Waals surface area (Å²) in [4.78, 5) is 47.4. The highest BCUT2D eigenvalue weighted by Gasteiger charge is 2.36. The van der Waals surface area contributed by atoms with E-state index >= 15 is 4.39 Å². The van der Waals surface area contributed by atoms with Crippen LogP contribution < -0.4 is 20.9 Å². The normalized spacial score (nSPS) is 25.2. The van der Waals surface area contributed by atoms with Gasteiger partial charge in [-0.2, -0.15) is 15.3 Å². The van der Waals surface area contributed by atoms with Gasteiger partial charge in [0.15, 0.2) is 11.3 Å². The van der Waals surface area contributed by atoms with Gasteiger partial charge in [0.05, 0.1) is 72.0 Å². The lowest BCUT2D eigenvalue weighted by Crippen LogP contribution is -2.53. The second-order valence-electron chi connectivity index (χ2n) is 19.6. The number of hydrogen-bond donors (Lipinski definition) is 3. The zero-order chi connectivity index (χ0) is 47.2. The summed E-state index contributed by atoms with van der Waals surface area (Å²) in [6, 6.07) is 8.61. The van der Waals surface area contributed by atoms with Crippen LogP contribution in [0.5, 0.6) is 0 Å². The van der Waals surface area contributed by atoms with Gasteiger partial charge in [-0.15, -0.1) is 0 Å². The summed E-state index contributed by atoms with van der Waals surface area (Å²) in [5.41, 5.74) is 2.31. The van der Waals surface area contributed by atoms with Crippen molar-refractivity contribution in [3.05, 3.63) is 65.4 Å². The molecule has 4 aliphatic heterocycles. The summed E-state index contributed by atoms with van der Waals surface area (Å²) in [6.07, 6.45) is 8.28. The SMILES string of the molecule is O=C1CCC(c2nn(C3CC3)c3c(C#CCO[C@@H]4CCN(CC5CCC(n6cc(NC(=O)c7cnn8ccc(N9CCC(NC%10COC%10)CC9)nc78)c(C(F)F)n6)CC5)C[C@@H]4F)cccc23)C(=O)N1. The van der Waals surface area contributed by atoms with Crippen molar-refractivity contribution in [3.8, 4) is 11.8 Å². The van der Waals surface area contributed by atoms with E-state index in [9.17, 15) is 23.2 Å². The Morgan fingerprint density at radius 2 is 1.77 bits per heavy atom. The monoisotopic (exact) mass is 950 g/mol. The molecular weight excluding hydrogens is 894 g/mol. The molecule has 2 saturated carbocycles. The maximum atomic E-state index is 15.6. The third-order valence-electron chi connectivity index (χ3n) is 14.8. The first-order valence-electron chi connectivity index (χ1n) is 24.5. The Morgan fingerprint density at radius 3 is 2.51 bits per heavy atom. The van der Waals surface area contributed by atoms with Gasteiger partial charge in [-0.3, -0.25) is 34.0 Å². The van der Waals surface area contributed by atoms with Crippen molar-refractivity contribution in [1.29, 1.82) is 0 Å². The van der Waals surface area contributed by atoms with Gasteiger partial charge < -0.3 is 25.0 Å². The zero-order valence-corrected chi connectivity index (χ0v) is 38.4. The molecule has 3 amide bonds. The predicted octanol–water partition coefficient (Wildman–Crippen LogP) is 5.49. The highest BCUT2D eigenvalue weighted by molar-refractivity contribution is 6.08. The van der Waals surface area contributed by atoms with E-state index < -0.39 is 36.2 Å². The van der Waals surface area contributed by atoms with E-state index in [0.29, 0.717) is 48.7 Å². The van der Waals surface area contributed by atoms with Crippen LogP contribution in [0.25, 0.3) is 16.6 Å². The van der Waals surface area contributed by atoms with Crippen molar-refractivity contribution < 1.29 is 37.0 Å². The number of piperidine rings is 3. The van der Waals surface area contributed by atoms with Crippen LogP contribution in [0, 0.1) is 17.8 Å². The lowest BCUT2D eigenvalue weighted by molar-refractivity contribution is -0.134. The van der Waals surface area contributed by atoms with Gasteiger partial charge in [-0.25, -0.2) is 22.7 Å². The second kappa shape index (κ2) is 19.5. The Kier molecular flexibility index (Phi) is 12.9. The number of imide groups is 1. The van der Waals surface area contributed by atoms with Crippen molar-refractivity contribution in [2.24, 2.45) is 5.92 Å². The second-order valence-corrected chi connectivity index (χ2v) is 19.6. The summed E-state index contributed by atoms with van der Waals surface area (Å²) in [6.45, 7) is 4.89. The minimum Gasteiger partial charge on any atom is -0.378 e. The largest absolute Gasteiger partial charge is 0.378 e. The van der Waals surface area contributed by atoms with E-state index in [2.05, 4.69) is 47.8 Å². The molecule has 1 unspecified atom stereocenters. The molecule has 364 valence electrons. The number of anilines is 2. The number of benzene rings is 1. The number of para-hydroxylation sites is 1. The fourth-order valence-electron chi connectivity index (χ4n) is 10.8. The van der Waals surface area contributed by atoms with E-state index in [4.69, 9.17) is 19.6 Å². The minimum absolute atomic E-state index is 0.0388. The molecule has 20 heteroatoms. The number of amides is 3. The molecule has 0 spiro atoms. The molecule has 4 saturated heterocycles. The topological polar surface area (TPSA) is 178 Å². The first-order chi connectivity index (χ1) is 33.6. The van der Waals surface area contributed by atoms with Crippen LogP contribution in [0.3, 0.4) is 0 Å². The first kappa shape index (κ1) is 45.6. The summed E-state index contributed by atoms with van der Waals surface area (Å²) >= 11 is 0. The fourth-order valence-corrected chi connectivity index (χ4v) is 10.8. The number of likely N-dealkylation sites (tertiary alicyclic amines) is 1. The third-order valence-corrected chi connectivity index (χ3v) is 14.8. The molecule has 2 aliphatic carbocycles. The van der Waals surface area contributed by atoms with E-state index in [-0.39, 0.29) is 54.7 Å². The lowest BCUT2D eigenvalue weighted by atomic mass is 9.85. The van der Waals surface area contributed by atoms with Gasteiger partial charge >= 0.3 is 0 Å². The van der Waals surface area contributed by atoms with Crippen LogP contribution >= 0.6 is 0 Å². The lowest BCUT2D eigenvalue weighted by Gasteiger charge is -2.38. The smallest absolute Gasteiger partial charge is 0.284 e.